The SMILES string of the molecule is CCCCCCCCCC/C=C\B(O)O. The first-order valence-corrected chi connectivity index (χ1v) is 6.30. The van der Waals surface area contributed by atoms with Gasteiger partial charge in [-0.05, 0) is 12.8 Å². The van der Waals surface area contributed by atoms with Gasteiger partial charge < -0.3 is 10.0 Å². The number of hydrogen-bond acceptors (Lipinski definition) is 2. The molecule has 0 rings (SSSR count). The van der Waals surface area contributed by atoms with Crippen LogP contribution in [0.3, 0.4) is 0 Å². The lowest BCUT2D eigenvalue weighted by Crippen LogP contribution is -2.05. The molecule has 0 aliphatic rings. The molecule has 0 saturated heterocycles. The highest BCUT2D eigenvalue weighted by atomic mass is 16.4. The second kappa shape index (κ2) is 11.8. The van der Waals surface area contributed by atoms with Crippen LogP contribution >= 0.6 is 0 Å². The summed E-state index contributed by atoms with van der Waals surface area (Å²) in [4.78, 5) is 0. The van der Waals surface area contributed by atoms with Gasteiger partial charge in [0.2, 0.25) is 0 Å². The van der Waals surface area contributed by atoms with Gasteiger partial charge in [-0.3, -0.25) is 0 Å². The molecule has 0 bridgehead atoms. The topological polar surface area (TPSA) is 40.5 Å². The third-order valence-corrected chi connectivity index (χ3v) is 2.53. The van der Waals surface area contributed by atoms with Crippen molar-refractivity contribution < 1.29 is 10.0 Å². The summed E-state index contributed by atoms with van der Waals surface area (Å²) < 4.78 is 0. The molecule has 0 fully saturated rings. The van der Waals surface area contributed by atoms with Gasteiger partial charge in [0.25, 0.3) is 0 Å². The van der Waals surface area contributed by atoms with Crippen LogP contribution in [0.2, 0.25) is 0 Å². The molecule has 0 amide bonds. The maximum Gasteiger partial charge on any atom is 0.480 e. The van der Waals surface area contributed by atoms with E-state index in [4.69, 9.17) is 10.0 Å². The van der Waals surface area contributed by atoms with E-state index in [0.29, 0.717) is 0 Å². The molecule has 0 aromatic heterocycles. The van der Waals surface area contributed by atoms with E-state index in [-0.39, 0.29) is 0 Å². The highest BCUT2D eigenvalue weighted by Gasteiger charge is 1.96. The van der Waals surface area contributed by atoms with Crippen LogP contribution in [0.25, 0.3) is 0 Å². The van der Waals surface area contributed by atoms with Crippen LogP contribution < -0.4 is 0 Å². The molecular weight excluding hydrogens is 187 g/mol. The molecule has 0 heterocycles. The molecule has 3 heteroatoms. The van der Waals surface area contributed by atoms with Crippen molar-refractivity contribution in [2.24, 2.45) is 0 Å². The van der Waals surface area contributed by atoms with Crippen LogP contribution in [0.5, 0.6) is 0 Å². The number of unbranched alkanes of at least 4 members (excludes halogenated alkanes) is 8. The van der Waals surface area contributed by atoms with E-state index in [0.717, 1.165) is 12.8 Å². The highest BCUT2D eigenvalue weighted by Crippen LogP contribution is 2.09. The molecule has 15 heavy (non-hydrogen) atoms. The van der Waals surface area contributed by atoms with Crippen molar-refractivity contribution in [2.75, 3.05) is 0 Å². The summed E-state index contributed by atoms with van der Waals surface area (Å²) in [6, 6.07) is 0. The third-order valence-electron chi connectivity index (χ3n) is 2.53. The first-order valence-electron chi connectivity index (χ1n) is 6.30. The van der Waals surface area contributed by atoms with Crippen LogP contribution in [-0.4, -0.2) is 17.2 Å². The Labute approximate surface area is 94.5 Å². The maximum absolute atomic E-state index is 8.54. The number of hydrogen-bond donors (Lipinski definition) is 2. The smallest absolute Gasteiger partial charge is 0.424 e. The van der Waals surface area contributed by atoms with Gasteiger partial charge >= 0.3 is 7.12 Å². The van der Waals surface area contributed by atoms with Crippen LogP contribution in [0.4, 0.5) is 0 Å². The van der Waals surface area contributed by atoms with Crippen molar-refractivity contribution in [1.82, 2.24) is 0 Å². The average molecular weight is 212 g/mol. The van der Waals surface area contributed by atoms with Gasteiger partial charge in [0, 0.05) is 0 Å². The maximum atomic E-state index is 8.54. The molecule has 88 valence electrons. The monoisotopic (exact) mass is 212 g/mol. The van der Waals surface area contributed by atoms with Gasteiger partial charge in [0.1, 0.15) is 0 Å². The van der Waals surface area contributed by atoms with E-state index in [1.807, 2.05) is 6.08 Å². The molecule has 2 nitrogen and oxygen atoms in total. The zero-order valence-electron chi connectivity index (χ0n) is 9.99. The zero-order valence-corrected chi connectivity index (χ0v) is 9.99. The minimum Gasteiger partial charge on any atom is -0.424 e. The Hall–Kier alpha value is -0.275. The fourth-order valence-corrected chi connectivity index (χ4v) is 1.61. The molecule has 0 aromatic rings. The quantitative estimate of drug-likeness (QED) is 0.431. The highest BCUT2D eigenvalue weighted by molar-refractivity contribution is 6.47. The summed E-state index contributed by atoms with van der Waals surface area (Å²) in [7, 11) is -1.28. The fraction of sp³-hybridized carbons (Fsp3) is 0.833. The van der Waals surface area contributed by atoms with Crippen molar-refractivity contribution in [1.29, 1.82) is 0 Å². The predicted octanol–water partition coefficient (Wildman–Crippen LogP) is 3.09. The van der Waals surface area contributed by atoms with E-state index in [1.165, 1.54) is 50.9 Å². The Morgan fingerprint density at radius 1 is 0.867 bits per heavy atom. The standard InChI is InChI=1S/C12H25BO2/c1-2-3-4-5-6-7-8-9-10-11-12-13(14)15/h11-12,14-15H,2-10H2,1H3/b12-11-. The predicted molar refractivity (Wildman–Crippen MR) is 66.6 cm³/mol. The van der Waals surface area contributed by atoms with Crippen molar-refractivity contribution in [3.05, 3.63) is 12.1 Å². The average Bonchev–Trinajstić information content (AvgIpc) is 2.20. The van der Waals surface area contributed by atoms with Crippen LogP contribution in [-0.2, 0) is 0 Å². The number of rotatable bonds is 10. The Bertz CT molecular complexity index is 147. The summed E-state index contributed by atoms with van der Waals surface area (Å²) in [6.07, 6.45) is 13.4. The van der Waals surface area contributed by atoms with E-state index < -0.39 is 7.12 Å². The largest absolute Gasteiger partial charge is 0.480 e. The van der Waals surface area contributed by atoms with Crippen LogP contribution in [0, 0.1) is 0 Å². The third kappa shape index (κ3) is 13.7. The fourth-order valence-electron chi connectivity index (χ4n) is 1.61. The Morgan fingerprint density at radius 3 is 1.93 bits per heavy atom. The molecule has 0 saturated carbocycles. The van der Waals surface area contributed by atoms with Gasteiger partial charge in [0.15, 0.2) is 0 Å². The van der Waals surface area contributed by atoms with Crippen LogP contribution in [0.15, 0.2) is 12.1 Å². The summed E-state index contributed by atoms with van der Waals surface area (Å²) in [5, 5.41) is 17.1. The Morgan fingerprint density at radius 2 is 1.40 bits per heavy atom. The van der Waals surface area contributed by atoms with Crippen molar-refractivity contribution >= 4 is 7.12 Å². The zero-order chi connectivity index (χ0) is 11.4. The van der Waals surface area contributed by atoms with E-state index in [1.54, 1.807) is 0 Å². The summed E-state index contributed by atoms with van der Waals surface area (Å²) in [6.45, 7) is 2.24. The molecule has 0 aliphatic carbocycles. The summed E-state index contributed by atoms with van der Waals surface area (Å²) in [5.74, 6) is 1.43. The molecule has 0 unspecified atom stereocenters. The van der Waals surface area contributed by atoms with E-state index >= 15 is 0 Å². The molecular formula is C12H25BO2. The minimum absolute atomic E-state index is 0.965. The van der Waals surface area contributed by atoms with Crippen molar-refractivity contribution in [3.63, 3.8) is 0 Å². The Kier molecular flexibility index (Phi) is 11.6. The second-order valence-corrected chi connectivity index (χ2v) is 4.11. The minimum atomic E-state index is -1.28. The molecule has 0 aliphatic heterocycles. The van der Waals surface area contributed by atoms with Gasteiger partial charge in [-0.1, -0.05) is 63.9 Å². The van der Waals surface area contributed by atoms with Crippen LogP contribution in [0.1, 0.15) is 64.7 Å². The van der Waals surface area contributed by atoms with Gasteiger partial charge in [0.05, 0.1) is 0 Å². The lowest BCUT2D eigenvalue weighted by Gasteiger charge is -1.99. The van der Waals surface area contributed by atoms with Gasteiger partial charge in [-0.25, -0.2) is 0 Å². The second-order valence-electron chi connectivity index (χ2n) is 4.11. The number of allylic oxidation sites excluding steroid dienone is 1. The first-order chi connectivity index (χ1) is 7.27. The van der Waals surface area contributed by atoms with Crippen molar-refractivity contribution in [2.45, 2.75) is 64.7 Å². The first kappa shape index (κ1) is 14.7. The van der Waals surface area contributed by atoms with E-state index in [2.05, 4.69) is 6.92 Å². The lowest BCUT2D eigenvalue weighted by molar-refractivity contribution is 0.424. The molecule has 0 spiro atoms. The summed E-state index contributed by atoms with van der Waals surface area (Å²) >= 11 is 0. The molecule has 0 atom stereocenters. The van der Waals surface area contributed by atoms with Gasteiger partial charge in [-0.15, -0.1) is 0 Å². The lowest BCUT2D eigenvalue weighted by atomic mass is 9.91. The normalized spacial score (nSPS) is 11.1. The Balaban J connectivity index is 2.99. The molecule has 2 N–H and O–H groups in total. The van der Waals surface area contributed by atoms with Crippen molar-refractivity contribution in [3.8, 4) is 0 Å². The molecule has 0 radical (unpaired) electrons. The molecule has 0 aromatic carbocycles. The summed E-state index contributed by atoms with van der Waals surface area (Å²) in [5.41, 5.74) is 0. The van der Waals surface area contributed by atoms with E-state index in [9.17, 15) is 0 Å². The van der Waals surface area contributed by atoms with Gasteiger partial charge in [-0.2, -0.15) is 0 Å².